The van der Waals surface area contributed by atoms with Gasteiger partial charge in [0.2, 0.25) is 5.91 Å². The number of rotatable bonds is 5. The Labute approximate surface area is 99.2 Å². The first-order valence-corrected chi connectivity index (χ1v) is 6.78. The molecule has 0 aromatic heterocycles. The molecule has 0 aliphatic heterocycles. The lowest BCUT2D eigenvalue weighted by atomic mass is 10.0. The molecule has 1 aliphatic carbocycles. The molecular weight excluding hydrogens is 200 g/mol. The second-order valence-electron chi connectivity index (χ2n) is 4.92. The molecule has 94 valence electrons. The molecule has 0 heterocycles. The largest absolute Gasteiger partial charge is 0.353 e. The van der Waals surface area contributed by atoms with E-state index in [9.17, 15) is 4.79 Å². The normalized spacial score (nSPS) is 20.1. The highest BCUT2D eigenvalue weighted by molar-refractivity contribution is 5.79. The number of nitrogens with one attached hydrogen (secondary N) is 1. The topological polar surface area (TPSA) is 55.1 Å². The maximum Gasteiger partial charge on any atom is 0.224 e. The zero-order valence-electron chi connectivity index (χ0n) is 10.5. The summed E-state index contributed by atoms with van der Waals surface area (Å²) in [5, 5.41) is 3.18. The van der Waals surface area contributed by atoms with Crippen molar-refractivity contribution < 1.29 is 4.79 Å². The molecule has 16 heavy (non-hydrogen) atoms. The van der Waals surface area contributed by atoms with Crippen molar-refractivity contribution in [3.05, 3.63) is 0 Å². The van der Waals surface area contributed by atoms with Gasteiger partial charge < -0.3 is 11.1 Å². The molecule has 3 nitrogen and oxygen atoms in total. The van der Waals surface area contributed by atoms with Crippen LogP contribution >= 0.6 is 0 Å². The van der Waals surface area contributed by atoms with Gasteiger partial charge in [-0.1, -0.05) is 39.0 Å². The van der Waals surface area contributed by atoms with Crippen LogP contribution < -0.4 is 11.1 Å². The Hall–Kier alpha value is -0.570. The Morgan fingerprint density at radius 3 is 2.44 bits per heavy atom. The fourth-order valence-electron chi connectivity index (χ4n) is 2.45. The van der Waals surface area contributed by atoms with Gasteiger partial charge in [0.1, 0.15) is 0 Å². The third-order valence-corrected chi connectivity index (χ3v) is 3.49. The maximum absolute atomic E-state index is 12.0. The maximum atomic E-state index is 12.0. The van der Waals surface area contributed by atoms with Crippen molar-refractivity contribution in [3.8, 4) is 0 Å². The van der Waals surface area contributed by atoms with Gasteiger partial charge in [0.15, 0.2) is 0 Å². The number of carbonyl (C=O) groups excluding carboxylic acids is 1. The minimum absolute atomic E-state index is 0.0215. The van der Waals surface area contributed by atoms with Crippen LogP contribution in [0.25, 0.3) is 0 Å². The number of nitrogens with two attached hydrogens (primary N) is 1. The molecule has 1 aliphatic rings. The quantitative estimate of drug-likeness (QED) is 0.706. The van der Waals surface area contributed by atoms with E-state index in [0.717, 1.165) is 25.7 Å². The molecule has 0 bridgehead atoms. The molecule has 0 aromatic rings. The summed E-state index contributed by atoms with van der Waals surface area (Å²) in [7, 11) is 0. The van der Waals surface area contributed by atoms with Crippen LogP contribution in [0.15, 0.2) is 0 Å². The molecule has 0 spiro atoms. The number of hydrogen-bond donors (Lipinski definition) is 2. The number of hydrogen-bond acceptors (Lipinski definition) is 2. The molecule has 1 rings (SSSR count). The smallest absolute Gasteiger partial charge is 0.224 e. The first-order chi connectivity index (χ1) is 7.77. The van der Waals surface area contributed by atoms with Gasteiger partial charge in [-0.2, -0.15) is 0 Å². The van der Waals surface area contributed by atoms with E-state index >= 15 is 0 Å². The summed E-state index contributed by atoms with van der Waals surface area (Å²) in [6, 6.07) is 0.404. The van der Waals surface area contributed by atoms with Gasteiger partial charge in [-0.15, -0.1) is 0 Å². The average Bonchev–Trinajstić information content (AvgIpc) is 2.54. The highest BCUT2D eigenvalue weighted by Gasteiger charge is 2.20. The summed E-state index contributed by atoms with van der Waals surface area (Å²) in [5.41, 5.74) is 5.63. The lowest BCUT2D eigenvalue weighted by Gasteiger charge is -2.20. The lowest BCUT2D eigenvalue weighted by Crippen LogP contribution is -2.41. The minimum Gasteiger partial charge on any atom is -0.353 e. The van der Waals surface area contributed by atoms with E-state index in [1.165, 1.54) is 25.7 Å². The first-order valence-electron chi connectivity index (χ1n) is 6.78. The molecule has 1 saturated carbocycles. The third-order valence-electron chi connectivity index (χ3n) is 3.49. The molecule has 1 fully saturated rings. The van der Waals surface area contributed by atoms with Crippen LogP contribution in [-0.4, -0.2) is 18.5 Å². The monoisotopic (exact) mass is 226 g/mol. The van der Waals surface area contributed by atoms with Crippen LogP contribution in [0.2, 0.25) is 0 Å². The van der Waals surface area contributed by atoms with Crippen molar-refractivity contribution >= 4 is 5.91 Å². The summed E-state index contributed by atoms with van der Waals surface area (Å²) >= 11 is 0. The molecule has 0 radical (unpaired) electrons. The minimum atomic E-state index is 0.0215. The fourth-order valence-corrected chi connectivity index (χ4v) is 2.45. The predicted octanol–water partition coefficient (Wildman–Crippen LogP) is 2.20. The van der Waals surface area contributed by atoms with E-state index in [1.807, 2.05) is 0 Å². The van der Waals surface area contributed by atoms with Crippen LogP contribution in [0, 0.1) is 5.92 Å². The van der Waals surface area contributed by atoms with E-state index in [-0.39, 0.29) is 11.8 Å². The Morgan fingerprint density at radius 2 is 1.94 bits per heavy atom. The summed E-state index contributed by atoms with van der Waals surface area (Å²) in [4.78, 5) is 12.0. The molecule has 1 unspecified atom stereocenters. The van der Waals surface area contributed by atoms with E-state index in [4.69, 9.17) is 5.73 Å². The Balaban J connectivity index is 2.35. The van der Waals surface area contributed by atoms with Gasteiger partial charge in [-0.05, 0) is 19.3 Å². The summed E-state index contributed by atoms with van der Waals surface area (Å²) in [6.45, 7) is 2.58. The van der Waals surface area contributed by atoms with Crippen molar-refractivity contribution in [1.82, 2.24) is 5.32 Å². The molecule has 1 atom stereocenters. The van der Waals surface area contributed by atoms with Crippen molar-refractivity contribution in [3.63, 3.8) is 0 Å². The highest BCUT2D eigenvalue weighted by Crippen LogP contribution is 2.18. The van der Waals surface area contributed by atoms with Crippen LogP contribution in [0.5, 0.6) is 0 Å². The van der Waals surface area contributed by atoms with Crippen molar-refractivity contribution in [2.24, 2.45) is 11.7 Å². The van der Waals surface area contributed by atoms with E-state index in [0.29, 0.717) is 12.6 Å². The number of amides is 1. The van der Waals surface area contributed by atoms with Crippen molar-refractivity contribution in [1.29, 1.82) is 0 Å². The Bertz CT molecular complexity index is 198. The van der Waals surface area contributed by atoms with E-state index < -0.39 is 0 Å². The van der Waals surface area contributed by atoms with Gasteiger partial charge in [-0.3, -0.25) is 4.79 Å². The van der Waals surface area contributed by atoms with Gasteiger partial charge >= 0.3 is 0 Å². The molecule has 0 saturated heterocycles. The van der Waals surface area contributed by atoms with E-state index in [1.54, 1.807) is 0 Å². The van der Waals surface area contributed by atoms with Crippen molar-refractivity contribution in [2.45, 2.75) is 64.3 Å². The van der Waals surface area contributed by atoms with E-state index in [2.05, 4.69) is 12.2 Å². The summed E-state index contributed by atoms with van der Waals surface area (Å²) in [5.74, 6) is 0.199. The zero-order chi connectivity index (χ0) is 11.8. The van der Waals surface area contributed by atoms with Gasteiger partial charge in [0.05, 0.1) is 5.92 Å². The highest BCUT2D eigenvalue weighted by atomic mass is 16.1. The fraction of sp³-hybridized carbons (Fsp3) is 0.923. The van der Waals surface area contributed by atoms with Gasteiger partial charge in [0, 0.05) is 12.6 Å². The second-order valence-corrected chi connectivity index (χ2v) is 4.92. The van der Waals surface area contributed by atoms with Gasteiger partial charge in [0.25, 0.3) is 0 Å². The molecule has 3 N–H and O–H groups in total. The Morgan fingerprint density at radius 1 is 1.31 bits per heavy atom. The SMILES string of the molecule is CCCC(CN)C(=O)NC1CCCCCC1. The van der Waals surface area contributed by atoms with Crippen LogP contribution in [0.3, 0.4) is 0 Å². The lowest BCUT2D eigenvalue weighted by molar-refractivity contribution is -0.125. The van der Waals surface area contributed by atoms with Crippen molar-refractivity contribution in [2.75, 3.05) is 6.54 Å². The average molecular weight is 226 g/mol. The van der Waals surface area contributed by atoms with Crippen LogP contribution in [-0.2, 0) is 4.79 Å². The molecule has 1 amide bonds. The predicted molar refractivity (Wildman–Crippen MR) is 67.1 cm³/mol. The molecular formula is C13H26N2O. The molecule has 0 aromatic carbocycles. The Kier molecular flexibility index (Phi) is 6.46. The van der Waals surface area contributed by atoms with Crippen LogP contribution in [0.4, 0.5) is 0 Å². The number of carbonyl (C=O) groups is 1. The van der Waals surface area contributed by atoms with Crippen LogP contribution in [0.1, 0.15) is 58.3 Å². The molecule has 3 heteroatoms. The van der Waals surface area contributed by atoms with Gasteiger partial charge in [-0.25, -0.2) is 0 Å². The third kappa shape index (κ3) is 4.52. The summed E-state index contributed by atoms with van der Waals surface area (Å²) < 4.78 is 0. The zero-order valence-corrected chi connectivity index (χ0v) is 10.5. The standard InChI is InChI=1S/C13H26N2O/c1-2-7-11(10-14)13(16)15-12-8-5-3-4-6-9-12/h11-12H,2-10,14H2,1H3,(H,15,16). The first kappa shape index (κ1) is 13.5. The second kappa shape index (κ2) is 7.66. The summed E-state index contributed by atoms with van der Waals surface area (Å²) in [6.07, 6.45) is 9.39.